The summed E-state index contributed by atoms with van der Waals surface area (Å²) in [4.78, 5) is 13.3. The first-order valence-corrected chi connectivity index (χ1v) is 9.33. The predicted molar refractivity (Wildman–Crippen MR) is 89.5 cm³/mol. The zero-order valence-electron chi connectivity index (χ0n) is 15.0. The van der Waals surface area contributed by atoms with Gasteiger partial charge >= 0.3 is 0 Å². The van der Waals surface area contributed by atoms with Crippen LogP contribution in [0.5, 0.6) is 0 Å². The van der Waals surface area contributed by atoms with Crippen molar-refractivity contribution in [2.75, 3.05) is 32.9 Å². The lowest BCUT2D eigenvalue weighted by atomic mass is 9.64. The number of amides is 1. The summed E-state index contributed by atoms with van der Waals surface area (Å²) in [7, 11) is 0. The minimum Gasteiger partial charge on any atom is -0.394 e. The van der Waals surface area contributed by atoms with Crippen molar-refractivity contribution >= 4 is 5.91 Å². The number of carbonyl (C=O) groups excluding carboxylic acids is 1. The molecule has 2 aliphatic heterocycles. The number of hydrogen-bond donors (Lipinski definition) is 2. The zero-order valence-corrected chi connectivity index (χ0v) is 15.0. The summed E-state index contributed by atoms with van der Waals surface area (Å²) < 4.78 is 32.5. The first-order valence-electron chi connectivity index (χ1n) is 9.33. The van der Waals surface area contributed by atoms with Crippen molar-refractivity contribution in [2.24, 2.45) is 5.41 Å². The quantitative estimate of drug-likeness (QED) is 0.781. The van der Waals surface area contributed by atoms with Crippen molar-refractivity contribution in [3.8, 4) is 6.07 Å². The van der Waals surface area contributed by atoms with Gasteiger partial charge in [-0.05, 0) is 43.9 Å². The number of aliphatic hydroxyl groups excluding tert-OH is 1. The maximum Gasteiger partial charge on any atom is 0.268 e. The van der Waals surface area contributed by atoms with E-state index in [1.54, 1.807) is 6.07 Å². The van der Waals surface area contributed by atoms with Crippen molar-refractivity contribution in [1.29, 1.82) is 5.26 Å². The third-order valence-electron chi connectivity index (χ3n) is 6.48. The van der Waals surface area contributed by atoms with Gasteiger partial charge in [-0.25, -0.2) is 8.78 Å². The molecule has 1 atom stereocenters. The van der Waals surface area contributed by atoms with E-state index in [0.717, 1.165) is 56.6 Å². The molecule has 2 N–H and O–H groups in total. The molecule has 146 valence electrons. The largest absolute Gasteiger partial charge is 0.394 e. The minimum atomic E-state index is -3.01. The third-order valence-corrected chi connectivity index (χ3v) is 6.48. The molecule has 2 heterocycles. The number of alkyl halides is 2. The summed E-state index contributed by atoms with van der Waals surface area (Å²) in [5, 5.41) is 22.1. The number of hydrogen-bond acceptors (Lipinski definition) is 5. The second kappa shape index (κ2) is 7.37. The number of halogens is 2. The highest BCUT2D eigenvalue weighted by Gasteiger charge is 2.48. The Kier molecular flexibility index (Phi) is 5.52. The van der Waals surface area contributed by atoms with Gasteiger partial charge in [-0.3, -0.25) is 4.79 Å². The molecular formula is C18H27F2N3O3. The van der Waals surface area contributed by atoms with Crippen LogP contribution in [0.25, 0.3) is 0 Å². The maximum atomic E-state index is 13.5. The number of aliphatic hydroxyl groups is 1. The van der Waals surface area contributed by atoms with Gasteiger partial charge in [-0.1, -0.05) is 0 Å². The number of nitriles is 1. The molecule has 26 heavy (non-hydrogen) atoms. The lowest BCUT2D eigenvalue weighted by Crippen LogP contribution is -2.56. The van der Waals surface area contributed by atoms with Crippen molar-refractivity contribution < 1.29 is 23.4 Å². The first kappa shape index (κ1) is 19.5. The Morgan fingerprint density at radius 1 is 1.23 bits per heavy atom. The first-order chi connectivity index (χ1) is 12.3. The van der Waals surface area contributed by atoms with Gasteiger partial charge in [-0.2, -0.15) is 5.26 Å². The summed E-state index contributed by atoms with van der Waals surface area (Å²) in [6.45, 7) is 0.615. The monoisotopic (exact) mass is 371 g/mol. The van der Waals surface area contributed by atoms with E-state index in [1.165, 1.54) is 0 Å². The van der Waals surface area contributed by atoms with E-state index in [2.05, 4.69) is 5.32 Å². The molecule has 0 radical (unpaired) electrons. The smallest absolute Gasteiger partial charge is 0.268 e. The summed E-state index contributed by atoms with van der Waals surface area (Å²) >= 11 is 0. The molecule has 1 spiro atoms. The second-order valence-electron chi connectivity index (χ2n) is 8.13. The van der Waals surface area contributed by atoms with Crippen LogP contribution in [0.15, 0.2) is 0 Å². The van der Waals surface area contributed by atoms with Crippen LogP contribution in [-0.2, 0) is 9.53 Å². The van der Waals surface area contributed by atoms with Gasteiger partial charge in [0.2, 0.25) is 5.91 Å². The predicted octanol–water partition coefficient (Wildman–Crippen LogP) is 1.44. The molecule has 1 amide bonds. The lowest BCUT2D eigenvalue weighted by molar-refractivity contribution is -0.132. The van der Waals surface area contributed by atoms with Crippen LogP contribution in [0.4, 0.5) is 8.78 Å². The van der Waals surface area contributed by atoms with E-state index >= 15 is 0 Å². The van der Waals surface area contributed by atoms with Crippen molar-refractivity contribution in [3.63, 3.8) is 0 Å². The number of carbonyl (C=O) groups is 1. The molecule has 1 aliphatic carbocycles. The van der Waals surface area contributed by atoms with Crippen LogP contribution in [-0.4, -0.2) is 66.3 Å². The van der Waals surface area contributed by atoms with Crippen molar-refractivity contribution in [1.82, 2.24) is 10.2 Å². The van der Waals surface area contributed by atoms with Gasteiger partial charge < -0.3 is 20.1 Å². The molecule has 3 fully saturated rings. The average molecular weight is 371 g/mol. The molecule has 0 aromatic heterocycles. The molecule has 1 saturated carbocycles. The lowest BCUT2D eigenvalue weighted by Gasteiger charge is -2.48. The molecule has 3 aliphatic rings. The fourth-order valence-electron chi connectivity index (χ4n) is 4.51. The number of nitrogens with zero attached hydrogens (tertiary/aromatic N) is 2. The highest BCUT2D eigenvalue weighted by atomic mass is 19.3. The molecule has 0 aromatic carbocycles. The van der Waals surface area contributed by atoms with Gasteiger partial charge in [0.25, 0.3) is 5.92 Å². The Balaban J connectivity index is 1.56. The second-order valence-corrected chi connectivity index (χ2v) is 8.13. The number of rotatable bonds is 4. The molecular weight excluding hydrogens is 344 g/mol. The summed E-state index contributed by atoms with van der Waals surface area (Å²) in [5.74, 6) is -3.52. The van der Waals surface area contributed by atoms with E-state index < -0.39 is 36.4 Å². The normalized spacial score (nSPS) is 29.5. The van der Waals surface area contributed by atoms with Crippen LogP contribution in [0, 0.1) is 16.7 Å². The van der Waals surface area contributed by atoms with Crippen molar-refractivity contribution in [3.05, 3.63) is 0 Å². The maximum absolute atomic E-state index is 13.5. The topological polar surface area (TPSA) is 85.6 Å². The Hall–Kier alpha value is -1.30. The molecule has 2 saturated heterocycles. The Morgan fingerprint density at radius 2 is 1.88 bits per heavy atom. The van der Waals surface area contributed by atoms with Crippen LogP contribution in [0.1, 0.15) is 44.9 Å². The summed E-state index contributed by atoms with van der Waals surface area (Å²) in [6.07, 6.45) is 4.86. The molecule has 6 nitrogen and oxygen atoms in total. The van der Waals surface area contributed by atoms with E-state index in [1.807, 2.05) is 0 Å². The Labute approximate surface area is 152 Å². The molecule has 0 unspecified atom stereocenters. The number of ether oxygens (including phenoxy) is 1. The number of likely N-dealkylation sites (tertiary alicyclic amines) is 1. The number of nitrogens with one attached hydrogen (secondary N) is 1. The molecule has 0 bridgehead atoms. The highest BCUT2D eigenvalue weighted by Crippen LogP contribution is 2.47. The van der Waals surface area contributed by atoms with Gasteiger partial charge in [0.15, 0.2) is 0 Å². The molecule has 8 heteroatoms. The van der Waals surface area contributed by atoms with Gasteiger partial charge in [-0.15, -0.1) is 0 Å². The minimum absolute atomic E-state index is 0.0926. The van der Waals surface area contributed by atoms with Gasteiger partial charge in [0.05, 0.1) is 25.8 Å². The van der Waals surface area contributed by atoms with Gasteiger partial charge in [0.1, 0.15) is 6.04 Å². The van der Waals surface area contributed by atoms with Crippen LogP contribution in [0.3, 0.4) is 0 Å². The van der Waals surface area contributed by atoms with E-state index in [4.69, 9.17) is 10.00 Å². The molecule has 3 rings (SSSR count). The summed E-state index contributed by atoms with van der Waals surface area (Å²) in [6, 6.07) is 0.705. The average Bonchev–Trinajstić information content (AvgIpc) is 2.97. The fourth-order valence-corrected chi connectivity index (χ4v) is 4.51. The Bertz CT molecular complexity index is 563. The highest BCUT2D eigenvalue weighted by molar-refractivity contribution is 5.79. The van der Waals surface area contributed by atoms with E-state index in [-0.39, 0.29) is 18.6 Å². The van der Waals surface area contributed by atoms with Gasteiger partial charge in [0, 0.05) is 25.2 Å². The zero-order chi connectivity index (χ0) is 18.8. The molecule has 0 aromatic rings. The van der Waals surface area contributed by atoms with Crippen LogP contribution in [0.2, 0.25) is 0 Å². The Morgan fingerprint density at radius 3 is 2.46 bits per heavy atom. The van der Waals surface area contributed by atoms with Crippen LogP contribution < -0.4 is 5.32 Å². The van der Waals surface area contributed by atoms with E-state index in [9.17, 15) is 18.7 Å². The standard InChI is InChI=1S/C18H27F2N3O3/c19-18(20)9-14(10-21)23(12-18)15(25)11-22-17(13-24)3-1-16(2-4-17)5-7-26-8-6-16/h14,22,24H,1-9,11-13H2/t14-/m1/s1. The van der Waals surface area contributed by atoms with Crippen molar-refractivity contribution in [2.45, 2.75) is 62.4 Å². The summed E-state index contributed by atoms with van der Waals surface area (Å²) in [5.41, 5.74) is -0.283. The SMILES string of the molecule is N#C[C@H]1CC(F)(F)CN1C(=O)CNC1(CO)CCC2(CCOCC2)CC1. The third kappa shape index (κ3) is 4.00. The van der Waals surface area contributed by atoms with E-state index in [0.29, 0.717) is 0 Å². The fraction of sp³-hybridized carbons (Fsp3) is 0.889. The van der Waals surface area contributed by atoms with Crippen LogP contribution >= 0.6 is 0 Å².